The molecule has 0 saturated carbocycles. The van der Waals surface area contributed by atoms with Gasteiger partial charge in [-0.2, -0.15) is 0 Å². The van der Waals surface area contributed by atoms with Crippen LogP contribution in [0.2, 0.25) is 0 Å². The Kier molecular flexibility index (Phi) is 5.70. The summed E-state index contributed by atoms with van der Waals surface area (Å²) in [6, 6.07) is 0. The highest BCUT2D eigenvalue weighted by atomic mass is 13.7. The molecular formula is C9H6. The second kappa shape index (κ2) is 6.68. The number of rotatable bonds is 0. The quantitative estimate of drug-likeness (QED) is 0.413. The third-order valence-corrected chi connectivity index (χ3v) is 0.539. The summed E-state index contributed by atoms with van der Waals surface area (Å²) in [5.74, 6) is 12.8. The van der Waals surface area contributed by atoms with Crippen molar-refractivity contribution in [2.75, 3.05) is 0 Å². The van der Waals surface area contributed by atoms with Gasteiger partial charge in [-0.1, -0.05) is 23.7 Å². The third-order valence-electron chi connectivity index (χ3n) is 0.539. The largest absolute Gasteiger partial charge is 0.119 e. The van der Waals surface area contributed by atoms with Crippen molar-refractivity contribution in [1.82, 2.24) is 0 Å². The second-order valence-electron chi connectivity index (χ2n) is 1.17. The fourth-order valence-corrected chi connectivity index (χ4v) is 0.240. The van der Waals surface area contributed by atoms with E-state index in [-0.39, 0.29) is 0 Å². The predicted octanol–water partition coefficient (Wildman–Crippen LogP) is 1.05. The molecule has 2 radical (unpaired) electrons. The SMILES string of the molecule is C#CCC#C[CH]C#C[CH2]. The minimum absolute atomic E-state index is 0.481. The number of hydrogen-bond acceptors (Lipinski definition) is 0. The van der Waals surface area contributed by atoms with Crippen molar-refractivity contribution in [3.8, 4) is 36.0 Å². The van der Waals surface area contributed by atoms with Gasteiger partial charge in [-0.05, 0) is 0 Å². The summed E-state index contributed by atoms with van der Waals surface area (Å²) in [5.41, 5.74) is 0. The van der Waals surface area contributed by atoms with Crippen LogP contribution in [0.4, 0.5) is 0 Å². The molecule has 0 aliphatic rings. The van der Waals surface area contributed by atoms with Crippen LogP contribution in [0, 0.1) is 49.4 Å². The lowest BCUT2D eigenvalue weighted by Crippen LogP contribution is -1.61. The van der Waals surface area contributed by atoms with Gasteiger partial charge in [0.1, 0.15) is 6.42 Å². The van der Waals surface area contributed by atoms with Crippen LogP contribution < -0.4 is 0 Å². The molecule has 42 valence electrons. The van der Waals surface area contributed by atoms with Crippen molar-refractivity contribution >= 4 is 0 Å². The third kappa shape index (κ3) is 6.68. The van der Waals surface area contributed by atoms with Gasteiger partial charge in [0.25, 0.3) is 0 Å². The molecule has 0 saturated heterocycles. The van der Waals surface area contributed by atoms with Crippen molar-refractivity contribution in [2.24, 2.45) is 0 Å². The summed E-state index contributed by atoms with van der Waals surface area (Å²) in [6.45, 7) is 3.30. The fraction of sp³-hybridized carbons (Fsp3) is 0.111. The molecule has 0 atom stereocenters. The molecule has 0 aliphatic heterocycles. The van der Waals surface area contributed by atoms with E-state index in [1.54, 1.807) is 0 Å². The van der Waals surface area contributed by atoms with Crippen LogP contribution in [0.5, 0.6) is 0 Å². The maximum atomic E-state index is 4.93. The standard InChI is InChI=1S/C9H6/c1-3-5-7-9-8-6-4-2/h1,8H,2,5H2. The molecule has 0 amide bonds. The molecule has 0 spiro atoms. The lowest BCUT2D eigenvalue weighted by Gasteiger charge is -1.67. The van der Waals surface area contributed by atoms with Crippen molar-refractivity contribution in [1.29, 1.82) is 0 Å². The maximum Gasteiger partial charge on any atom is 0.106 e. The van der Waals surface area contributed by atoms with Crippen LogP contribution in [0.25, 0.3) is 0 Å². The van der Waals surface area contributed by atoms with Crippen LogP contribution in [0.1, 0.15) is 6.42 Å². The first kappa shape index (κ1) is 7.68. The Hall–Kier alpha value is -1.32. The molecule has 0 aromatic heterocycles. The highest BCUT2D eigenvalue weighted by molar-refractivity contribution is 5.27. The van der Waals surface area contributed by atoms with Gasteiger partial charge < -0.3 is 0 Å². The van der Waals surface area contributed by atoms with E-state index in [1.807, 2.05) is 0 Å². The minimum atomic E-state index is 0.481. The molecule has 9 heavy (non-hydrogen) atoms. The molecule has 0 unspecified atom stereocenters. The van der Waals surface area contributed by atoms with Gasteiger partial charge >= 0.3 is 0 Å². The Labute approximate surface area is 56.7 Å². The molecule has 0 nitrogen and oxygen atoms in total. The van der Waals surface area contributed by atoms with Crippen LogP contribution >= 0.6 is 0 Å². The summed E-state index contributed by atoms with van der Waals surface area (Å²) in [4.78, 5) is 0. The van der Waals surface area contributed by atoms with Crippen molar-refractivity contribution in [2.45, 2.75) is 6.42 Å². The Morgan fingerprint density at radius 2 is 2.22 bits per heavy atom. The zero-order chi connectivity index (χ0) is 6.95. The molecular weight excluding hydrogens is 108 g/mol. The number of hydrogen-bond donors (Lipinski definition) is 0. The zero-order valence-corrected chi connectivity index (χ0v) is 5.07. The van der Waals surface area contributed by atoms with Gasteiger partial charge in [-0.3, -0.25) is 0 Å². The van der Waals surface area contributed by atoms with Crippen molar-refractivity contribution in [3.05, 3.63) is 13.3 Å². The van der Waals surface area contributed by atoms with E-state index in [0.717, 1.165) is 0 Å². The first-order chi connectivity index (χ1) is 4.41. The summed E-state index contributed by atoms with van der Waals surface area (Å²) >= 11 is 0. The van der Waals surface area contributed by atoms with E-state index in [1.165, 1.54) is 6.42 Å². The van der Waals surface area contributed by atoms with Gasteiger partial charge in [0.2, 0.25) is 0 Å². The fourth-order valence-electron chi connectivity index (χ4n) is 0.240. The Bertz CT molecular complexity index is 206. The molecule has 0 N–H and O–H groups in total. The minimum Gasteiger partial charge on any atom is -0.119 e. The normalized spacial score (nSPS) is 5.33. The second-order valence-corrected chi connectivity index (χ2v) is 1.17. The monoisotopic (exact) mass is 114 g/mol. The summed E-state index contributed by atoms with van der Waals surface area (Å²) < 4.78 is 0. The van der Waals surface area contributed by atoms with E-state index in [4.69, 9.17) is 6.42 Å². The van der Waals surface area contributed by atoms with E-state index in [2.05, 4.69) is 36.5 Å². The zero-order valence-electron chi connectivity index (χ0n) is 5.07. The molecule has 0 rings (SSSR count). The van der Waals surface area contributed by atoms with Gasteiger partial charge in [-0.25, -0.2) is 0 Å². The highest BCUT2D eigenvalue weighted by Gasteiger charge is 1.64. The highest BCUT2D eigenvalue weighted by Crippen LogP contribution is 1.70. The van der Waals surface area contributed by atoms with E-state index in [9.17, 15) is 0 Å². The Balaban J connectivity index is 3.37. The average Bonchev–Trinajstić information content (AvgIpc) is 1.89. The Morgan fingerprint density at radius 3 is 2.78 bits per heavy atom. The van der Waals surface area contributed by atoms with Gasteiger partial charge in [-0.15, -0.1) is 12.3 Å². The van der Waals surface area contributed by atoms with E-state index < -0.39 is 0 Å². The molecule has 0 aromatic rings. The predicted molar refractivity (Wildman–Crippen MR) is 38.7 cm³/mol. The van der Waals surface area contributed by atoms with Crippen LogP contribution in [-0.2, 0) is 0 Å². The van der Waals surface area contributed by atoms with E-state index >= 15 is 0 Å². The summed E-state index contributed by atoms with van der Waals surface area (Å²) in [6.07, 6.45) is 6.94. The summed E-state index contributed by atoms with van der Waals surface area (Å²) in [7, 11) is 0. The lowest BCUT2D eigenvalue weighted by molar-refractivity contribution is 1.57. The van der Waals surface area contributed by atoms with Crippen LogP contribution in [-0.4, -0.2) is 0 Å². The maximum absolute atomic E-state index is 4.93. The molecule has 0 aliphatic carbocycles. The Morgan fingerprint density at radius 1 is 1.44 bits per heavy atom. The van der Waals surface area contributed by atoms with Crippen LogP contribution in [0.3, 0.4) is 0 Å². The number of terminal acetylenes is 1. The van der Waals surface area contributed by atoms with Crippen molar-refractivity contribution in [3.63, 3.8) is 0 Å². The van der Waals surface area contributed by atoms with Gasteiger partial charge in [0.05, 0.1) is 6.42 Å². The lowest BCUT2D eigenvalue weighted by atomic mass is 10.4. The van der Waals surface area contributed by atoms with E-state index in [0.29, 0.717) is 6.42 Å². The average molecular weight is 114 g/mol. The summed E-state index contributed by atoms with van der Waals surface area (Å²) in [5, 5.41) is 0. The molecule has 0 aromatic carbocycles. The first-order valence-electron chi connectivity index (χ1n) is 2.43. The smallest absolute Gasteiger partial charge is 0.106 e. The topological polar surface area (TPSA) is 0 Å². The first-order valence-corrected chi connectivity index (χ1v) is 2.43. The van der Waals surface area contributed by atoms with Crippen LogP contribution in [0.15, 0.2) is 0 Å². The van der Waals surface area contributed by atoms with Crippen molar-refractivity contribution < 1.29 is 0 Å². The molecule has 0 heteroatoms. The molecule has 0 fully saturated rings. The molecule has 0 heterocycles. The van der Waals surface area contributed by atoms with Gasteiger partial charge in [0, 0.05) is 6.92 Å². The molecule has 0 bridgehead atoms. The van der Waals surface area contributed by atoms with Gasteiger partial charge in [0.15, 0.2) is 0 Å².